The summed E-state index contributed by atoms with van der Waals surface area (Å²) in [5.74, 6) is 1.06. The van der Waals surface area contributed by atoms with E-state index in [0.29, 0.717) is 6.04 Å². The van der Waals surface area contributed by atoms with Crippen molar-refractivity contribution in [1.82, 2.24) is 10.2 Å². The first kappa shape index (κ1) is 11.4. The van der Waals surface area contributed by atoms with Crippen molar-refractivity contribution in [2.45, 2.75) is 57.5 Å². The smallest absolute Gasteiger partial charge is 0.00965 e. The molecule has 15 heavy (non-hydrogen) atoms. The van der Waals surface area contributed by atoms with Crippen LogP contribution in [0.15, 0.2) is 0 Å². The molecular formula is C13H26N2. The van der Waals surface area contributed by atoms with Gasteiger partial charge < -0.3 is 10.2 Å². The molecule has 0 heterocycles. The summed E-state index contributed by atoms with van der Waals surface area (Å²) >= 11 is 0. The largest absolute Gasteiger partial charge is 0.317 e. The van der Waals surface area contributed by atoms with Crippen LogP contribution < -0.4 is 5.32 Å². The van der Waals surface area contributed by atoms with Crippen molar-refractivity contribution >= 4 is 0 Å². The SMILES string of the molecule is CNC(C)CCCN(CC1CC1)C1CC1. The third kappa shape index (κ3) is 4.12. The molecule has 0 aromatic heterocycles. The van der Waals surface area contributed by atoms with Crippen LogP contribution in [-0.2, 0) is 0 Å². The molecule has 0 saturated heterocycles. The Bertz CT molecular complexity index is 185. The summed E-state index contributed by atoms with van der Waals surface area (Å²) in [4.78, 5) is 2.76. The molecule has 0 radical (unpaired) electrons. The Labute approximate surface area is 94.4 Å². The fraction of sp³-hybridized carbons (Fsp3) is 1.00. The summed E-state index contributed by atoms with van der Waals surface area (Å²) in [6, 6.07) is 1.66. The number of nitrogens with zero attached hydrogens (tertiary/aromatic N) is 1. The summed E-state index contributed by atoms with van der Waals surface area (Å²) in [5.41, 5.74) is 0. The summed E-state index contributed by atoms with van der Waals surface area (Å²) in [6.45, 7) is 5.02. The van der Waals surface area contributed by atoms with E-state index in [1.165, 1.54) is 51.6 Å². The fourth-order valence-electron chi connectivity index (χ4n) is 2.24. The molecule has 2 heteroatoms. The van der Waals surface area contributed by atoms with Crippen LogP contribution in [0.5, 0.6) is 0 Å². The Morgan fingerprint density at radius 1 is 1.27 bits per heavy atom. The van der Waals surface area contributed by atoms with Gasteiger partial charge in [0.15, 0.2) is 0 Å². The average Bonchev–Trinajstić information content (AvgIpc) is 3.07. The summed E-state index contributed by atoms with van der Waals surface area (Å²) in [6.07, 6.45) is 8.62. The van der Waals surface area contributed by atoms with Crippen molar-refractivity contribution in [2.75, 3.05) is 20.1 Å². The highest BCUT2D eigenvalue weighted by Crippen LogP contribution is 2.34. The van der Waals surface area contributed by atoms with Crippen molar-refractivity contribution in [1.29, 1.82) is 0 Å². The Hall–Kier alpha value is -0.0800. The molecule has 0 aliphatic heterocycles. The number of rotatable bonds is 8. The maximum Gasteiger partial charge on any atom is 0.00965 e. The lowest BCUT2D eigenvalue weighted by atomic mass is 10.1. The monoisotopic (exact) mass is 210 g/mol. The zero-order chi connectivity index (χ0) is 10.7. The van der Waals surface area contributed by atoms with E-state index in [4.69, 9.17) is 0 Å². The van der Waals surface area contributed by atoms with Crippen LogP contribution in [0, 0.1) is 5.92 Å². The van der Waals surface area contributed by atoms with E-state index in [9.17, 15) is 0 Å². The molecule has 2 aliphatic carbocycles. The average molecular weight is 210 g/mol. The minimum absolute atomic E-state index is 0.687. The highest BCUT2D eigenvalue weighted by Gasteiger charge is 2.33. The van der Waals surface area contributed by atoms with Gasteiger partial charge in [0.05, 0.1) is 0 Å². The second kappa shape index (κ2) is 5.31. The molecule has 88 valence electrons. The van der Waals surface area contributed by atoms with Crippen LogP contribution in [0.3, 0.4) is 0 Å². The van der Waals surface area contributed by atoms with Crippen molar-refractivity contribution in [3.8, 4) is 0 Å². The first-order valence-electron chi connectivity index (χ1n) is 6.71. The zero-order valence-corrected chi connectivity index (χ0v) is 10.3. The first-order valence-corrected chi connectivity index (χ1v) is 6.71. The maximum atomic E-state index is 3.32. The molecule has 1 unspecified atom stereocenters. The van der Waals surface area contributed by atoms with Gasteiger partial charge in [0.2, 0.25) is 0 Å². The predicted molar refractivity (Wildman–Crippen MR) is 65.1 cm³/mol. The molecule has 0 aromatic carbocycles. The summed E-state index contributed by atoms with van der Waals surface area (Å²) in [5, 5.41) is 3.32. The summed E-state index contributed by atoms with van der Waals surface area (Å²) in [7, 11) is 2.06. The Kier molecular flexibility index (Phi) is 4.04. The second-order valence-electron chi connectivity index (χ2n) is 5.50. The fourth-order valence-corrected chi connectivity index (χ4v) is 2.24. The van der Waals surface area contributed by atoms with Gasteiger partial charge in [-0.25, -0.2) is 0 Å². The lowest BCUT2D eigenvalue weighted by Crippen LogP contribution is -2.30. The van der Waals surface area contributed by atoms with Gasteiger partial charge in [-0.15, -0.1) is 0 Å². The van der Waals surface area contributed by atoms with Crippen molar-refractivity contribution in [2.24, 2.45) is 5.92 Å². The predicted octanol–water partition coefficient (Wildman–Crippen LogP) is 2.25. The lowest BCUT2D eigenvalue weighted by Gasteiger charge is -2.22. The van der Waals surface area contributed by atoms with E-state index >= 15 is 0 Å². The molecule has 0 spiro atoms. The maximum absolute atomic E-state index is 3.32. The number of hydrogen-bond donors (Lipinski definition) is 1. The van der Waals surface area contributed by atoms with E-state index < -0.39 is 0 Å². The number of nitrogens with one attached hydrogen (secondary N) is 1. The van der Waals surface area contributed by atoms with Crippen molar-refractivity contribution in [3.05, 3.63) is 0 Å². The minimum atomic E-state index is 0.687. The second-order valence-corrected chi connectivity index (χ2v) is 5.50. The molecule has 2 fully saturated rings. The molecule has 2 aliphatic rings. The van der Waals surface area contributed by atoms with Gasteiger partial charge in [0, 0.05) is 18.6 Å². The van der Waals surface area contributed by atoms with Crippen LogP contribution in [0.25, 0.3) is 0 Å². The lowest BCUT2D eigenvalue weighted by molar-refractivity contribution is 0.244. The van der Waals surface area contributed by atoms with E-state index in [1.807, 2.05) is 0 Å². The van der Waals surface area contributed by atoms with Gasteiger partial charge in [-0.05, 0) is 65.0 Å². The highest BCUT2D eigenvalue weighted by molar-refractivity contribution is 4.88. The molecule has 2 nitrogen and oxygen atoms in total. The Morgan fingerprint density at radius 3 is 2.53 bits per heavy atom. The molecule has 2 saturated carbocycles. The van der Waals surface area contributed by atoms with Gasteiger partial charge in [-0.1, -0.05) is 0 Å². The molecule has 2 rings (SSSR count). The summed E-state index contributed by atoms with van der Waals surface area (Å²) < 4.78 is 0. The third-order valence-corrected chi connectivity index (χ3v) is 3.83. The van der Waals surface area contributed by atoms with E-state index in [1.54, 1.807) is 0 Å². The van der Waals surface area contributed by atoms with Crippen LogP contribution in [0.4, 0.5) is 0 Å². The molecule has 1 atom stereocenters. The van der Waals surface area contributed by atoms with Gasteiger partial charge >= 0.3 is 0 Å². The van der Waals surface area contributed by atoms with E-state index in [-0.39, 0.29) is 0 Å². The van der Waals surface area contributed by atoms with Gasteiger partial charge in [0.1, 0.15) is 0 Å². The van der Waals surface area contributed by atoms with Gasteiger partial charge in [-0.2, -0.15) is 0 Å². The molecule has 0 aromatic rings. The van der Waals surface area contributed by atoms with E-state index in [2.05, 4.69) is 24.2 Å². The van der Waals surface area contributed by atoms with Crippen molar-refractivity contribution in [3.63, 3.8) is 0 Å². The van der Waals surface area contributed by atoms with Crippen LogP contribution >= 0.6 is 0 Å². The standard InChI is InChI=1S/C13H26N2/c1-11(14-2)4-3-9-15(13-7-8-13)10-12-5-6-12/h11-14H,3-10H2,1-2H3. The first-order chi connectivity index (χ1) is 7.29. The molecule has 1 N–H and O–H groups in total. The normalized spacial score (nSPS) is 23.4. The molecule has 0 amide bonds. The molecule has 0 bridgehead atoms. The zero-order valence-electron chi connectivity index (χ0n) is 10.3. The third-order valence-electron chi connectivity index (χ3n) is 3.83. The van der Waals surface area contributed by atoms with Crippen LogP contribution in [0.2, 0.25) is 0 Å². The highest BCUT2D eigenvalue weighted by atomic mass is 15.2. The van der Waals surface area contributed by atoms with E-state index in [0.717, 1.165) is 12.0 Å². The topological polar surface area (TPSA) is 15.3 Å². The quantitative estimate of drug-likeness (QED) is 0.661. The minimum Gasteiger partial charge on any atom is -0.317 e. The van der Waals surface area contributed by atoms with Crippen LogP contribution in [-0.4, -0.2) is 37.1 Å². The van der Waals surface area contributed by atoms with Crippen molar-refractivity contribution < 1.29 is 0 Å². The molecular weight excluding hydrogens is 184 g/mol. The number of hydrogen-bond acceptors (Lipinski definition) is 2. The Morgan fingerprint density at radius 2 is 2.00 bits per heavy atom. The van der Waals surface area contributed by atoms with Gasteiger partial charge in [-0.3, -0.25) is 0 Å². The van der Waals surface area contributed by atoms with Gasteiger partial charge in [0.25, 0.3) is 0 Å². The Balaban J connectivity index is 1.60. The van der Waals surface area contributed by atoms with Crippen LogP contribution in [0.1, 0.15) is 45.4 Å².